The van der Waals surface area contributed by atoms with Gasteiger partial charge < -0.3 is 16.4 Å². The van der Waals surface area contributed by atoms with E-state index in [4.69, 9.17) is 5.73 Å². The van der Waals surface area contributed by atoms with E-state index in [1.807, 2.05) is 19.1 Å². The second-order valence-electron chi connectivity index (χ2n) is 7.97. The molecule has 0 radical (unpaired) electrons. The second-order valence-corrected chi connectivity index (χ2v) is 10.5. The number of nitrogen functional groups attached to an aromatic ring is 1. The molecule has 0 saturated carbocycles. The number of nitrogens with one attached hydrogen (secondary N) is 2. The summed E-state index contributed by atoms with van der Waals surface area (Å²) >= 11 is 0. The maximum Gasteiger partial charge on any atom is 0.319 e. The van der Waals surface area contributed by atoms with Crippen LogP contribution in [0.4, 0.5) is 16.3 Å². The Hall–Kier alpha value is -3.53. The molecule has 3 aromatic rings. The smallest absolute Gasteiger partial charge is 0.319 e. The summed E-state index contributed by atoms with van der Waals surface area (Å²) in [6.07, 6.45) is 4.53. The van der Waals surface area contributed by atoms with Crippen molar-refractivity contribution in [3.05, 3.63) is 66.1 Å². The van der Waals surface area contributed by atoms with Crippen molar-refractivity contribution in [2.75, 3.05) is 17.3 Å². The molecule has 0 bridgehead atoms. The molecule has 9 nitrogen and oxygen atoms in total. The fourth-order valence-corrected chi connectivity index (χ4v) is 3.36. The number of rotatable bonds is 6. The maximum atomic E-state index is 12.3. The molecule has 10 heteroatoms. The van der Waals surface area contributed by atoms with Gasteiger partial charge in [0, 0.05) is 36.0 Å². The molecule has 32 heavy (non-hydrogen) atoms. The third-order valence-corrected chi connectivity index (χ3v) is 7.29. The molecule has 3 rings (SSSR count). The summed E-state index contributed by atoms with van der Waals surface area (Å²) in [5.74, 6) is 0.477. The predicted molar refractivity (Wildman–Crippen MR) is 125 cm³/mol. The van der Waals surface area contributed by atoms with E-state index in [0.717, 1.165) is 11.8 Å². The number of carbonyl (C=O) groups excluding carboxylic acids is 1. The van der Waals surface area contributed by atoms with Crippen LogP contribution in [-0.2, 0) is 14.6 Å². The molecule has 2 heterocycles. The normalized spacial score (nSPS) is 12.8. The van der Waals surface area contributed by atoms with Crippen LogP contribution in [0.5, 0.6) is 0 Å². The van der Waals surface area contributed by atoms with Crippen LogP contribution in [0, 0.1) is 0 Å². The van der Waals surface area contributed by atoms with E-state index in [0.29, 0.717) is 22.8 Å². The molecule has 168 valence electrons. The number of urea groups is 1. The first-order valence-corrected chi connectivity index (χ1v) is 11.8. The number of sulfone groups is 1. The van der Waals surface area contributed by atoms with E-state index < -0.39 is 14.6 Å². The lowest BCUT2D eigenvalue weighted by Gasteiger charge is -2.22. The first-order valence-electron chi connectivity index (χ1n) is 9.90. The van der Waals surface area contributed by atoms with Gasteiger partial charge >= 0.3 is 6.03 Å². The Morgan fingerprint density at radius 3 is 2.41 bits per heavy atom. The molecule has 4 N–H and O–H groups in total. The number of anilines is 2. The van der Waals surface area contributed by atoms with Crippen LogP contribution in [0.25, 0.3) is 11.4 Å². The number of benzene rings is 1. The Morgan fingerprint density at radius 2 is 1.81 bits per heavy atom. The zero-order chi connectivity index (χ0) is 23.5. The average Bonchev–Trinajstić information content (AvgIpc) is 2.73. The summed E-state index contributed by atoms with van der Waals surface area (Å²) in [5.41, 5.74) is 8.33. The van der Waals surface area contributed by atoms with Crippen LogP contribution in [0.15, 0.2) is 54.9 Å². The molecule has 2 aromatic heterocycles. The Kier molecular flexibility index (Phi) is 6.45. The Balaban J connectivity index is 1.75. The standard InChI is InChI=1S/C22H26N6O3S/c1-14(16-6-5-11-24-13-16)25-21(29)26-17-9-7-15(8-10-17)20-27-18(12-19(23)28-20)22(2,3)32(4,30)31/h5-14H,1-4H3,(H2,23,27,28)(H2,25,26,29). The van der Waals surface area contributed by atoms with Gasteiger partial charge in [0.1, 0.15) is 10.6 Å². The van der Waals surface area contributed by atoms with Gasteiger partial charge in [-0.2, -0.15) is 0 Å². The van der Waals surface area contributed by atoms with E-state index in [2.05, 4.69) is 25.6 Å². The number of hydrogen-bond donors (Lipinski definition) is 3. The van der Waals surface area contributed by atoms with Crippen molar-refractivity contribution >= 4 is 27.4 Å². The minimum Gasteiger partial charge on any atom is -0.384 e. The summed E-state index contributed by atoms with van der Waals surface area (Å²) in [5, 5.41) is 5.62. The van der Waals surface area contributed by atoms with Crippen LogP contribution in [0.2, 0.25) is 0 Å². The van der Waals surface area contributed by atoms with Gasteiger partial charge in [0.05, 0.1) is 11.7 Å². The Labute approximate surface area is 187 Å². The minimum atomic E-state index is -3.43. The predicted octanol–water partition coefficient (Wildman–Crippen LogP) is 3.28. The van der Waals surface area contributed by atoms with Crippen LogP contribution >= 0.6 is 0 Å². The molecule has 1 unspecified atom stereocenters. The van der Waals surface area contributed by atoms with Crippen molar-refractivity contribution in [2.45, 2.75) is 31.6 Å². The molecule has 2 amide bonds. The molecule has 0 fully saturated rings. The molecular weight excluding hydrogens is 428 g/mol. The van der Waals surface area contributed by atoms with E-state index in [-0.39, 0.29) is 17.9 Å². The highest BCUT2D eigenvalue weighted by atomic mass is 32.2. The van der Waals surface area contributed by atoms with Crippen molar-refractivity contribution in [2.24, 2.45) is 0 Å². The highest BCUT2D eigenvalue weighted by Gasteiger charge is 2.34. The lowest BCUT2D eigenvalue weighted by atomic mass is 10.1. The topological polar surface area (TPSA) is 140 Å². The summed E-state index contributed by atoms with van der Waals surface area (Å²) in [7, 11) is -3.43. The van der Waals surface area contributed by atoms with Crippen LogP contribution < -0.4 is 16.4 Å². The number of hydrogen-bond acceptors (Lipinski definition) is 7. The molecular formula is C22H26N6O3S. The average molecular weight is 455 g/mol. The molecule has 0 spiro atoms. The van der Waals surface area contributed by atoms with Gasteiger partial charge in [-0.25, -0.2) is 23.2 Å². The summed E-state index contributed by atoms with van der Waals surface area (Å²) in [4.78, 5) is 25.0. The molecule has 0 aliphatic heterocycles. The van der Waals surface area contributed by atoms with Crippen LogP contribution in [0.1, 0.15) is 38.1 Å². The minimum absolute atomic E-state index is 0.174. The number of nitrogens with zero attached hydrogens (tertiary/aromatic N) is 3. The molecule has 0 aliphatic carbocycles. The van der Waals surface area contributed by atoms with Gasteiger partial charge in [0.25, 0.3) is 0 Å². The Bertz CT molecular complexity index is 1210. The van der Waals surface area contributed by atoms with E-state index >= 15 is 0 Å². The van der Waals surface area contributed by atoms with Gasteiger partial charge in [-0.15, -0.1) is 0 Å². The van der Waals surface area contributed by atoms with E-state index in [1.54, 1.807) is 50.5 Å². The monoisotopic (exact) mass is 454 g/mol. The number of aromatic nitrogens is 3. The maximum absolute atomic E-state index is 12.3. The summed E-state index contributed by atoms with van der Waals surface area (Å²) < 4.78 is 23.1. The van der Waals surface area contributed by atoms with E-state index in [1.165, 1.54) is 6.07 Å². The fraction of sp³-hybridized carbons (Fsp3) is 0.273. The van der Waals surface area contributed by atoms with Crippen LogP contribution in [-0.4, -0.2) is 35.7 Å². The third-order valence-electron chi connectivity index (χ3n) is 5.22. The lowest BCUT2D eigenvalue weighted by molar-refractivity contribution is 0.249. The highest BCUT2D eigenvalue weighted by Crippen LogP contribution is 2.30. The number of carbonyl (C=O) groups is 1. The van der Waals surface area contributed by atoms with Crippen molar-refractivity contribution in [3.8, 4) is 11.4 Å². The van der Waals surface area contributed by atoms with Gasteiger partial charge in [-0.3, -0.25) is 4.98 Å². The van der Waals surface area contributed by atoms with Crippen molar-refractivity contribution in [1.29, 1.82) is 0 Å². The zero-order valence-electron chi connectivity index (χ0n) is 18.3. The van der Waals surface area contributed by atoms with Crippen molar-refractivity contribution in [1.82, 2.24) is 20.3 Å². The number of amides is 2. The largest absolute Gasteiger partial charge is 0.384 e. The first-order chi connectivity index (χ1) is 15.0. The van der Waals surface area contributed by atoms with E-state index in [9.17, 15) is 13.2 Å². The first kappa shape index (κ1) is 23.1. The summed E-state index contributed by atoms with van der Waals surface area (Å²) in [6, 6.07) is 11.5. The third kappa shape index (κ3) is 5.20. The molecule has 1 aromatic carbocycles. The van der Waals surface area contributed by atoms with Gasteiger partial charge in [0.2, 0.25) is 0 Å². The highest BCUT2D eigenvalue weighted by molar-refractivity contribution is 7.91. The summed E-state index contributed by atoms with van der Waals surface area (Å²) in [6.45, 7) is 5.02. The molecule has 0 saturated heterocycles. The SMILES string of the molecule is CC(NC(=O)Nc1ccc(-c2nc(N)cc(C(C)(C)S(C)(=O)=O)n2)cc1)c1cccnc1. The van der Waals surface area contributed by atoms with Crippen molar-refractivity contribution in [3.63, 3.8) is 0 Å². The van der Waals surface area contributed by atoms with Gasteiger partial charge in [-0.1, -0.05) is 6.07 Å². The zero-order valence-corrected chi connectivity index (χ0v) is 19.1. The van der Waals surface area contributed by atoms with Gasteiger partial charge in [0.15, 0.2) is 15.7 Å². The van der Waals surface area contributed by atoms with Crippen molar-refractivity contribution < 1.29 is 13.2 Å². The Morgan fingerprint density at radius 1 is 1.12 bits per heavy atom. The molecule has 1 atom stereocenters. The molecule has 0 aliphatic rings. The van der Waals surface area contributed by atoms with Gasteiger partial charge in [-0.05, 0) is 56.7 Å². The second kappa shape index (κ2) is 8.91. The number of nitrogens with two attached hydrogens (primary N) is 1. The quantitative estimate of drug-likeness (QED) is 0.519. The fourth-order valence-electron chi connectivity index (χ4n) is 2.88. The lowest BCUT2D eigenvalue weighted by Crippen LogP contribution is -2.31. The van der Waals surface area contributed by atoms with Crippen LogP contribution in [0.3, 0.4) is 0 Å². The number of pyridine rings is 1.